The molecule has 19 heavy (non-hydrogen) atoms. The summed E-state index contributed by atoms with van der Waals surface area (Å²) in [5.74, 6) is 0.980. The van der Waals surface area contributed by atoms with Crippen LogP contribution in [0.3, 0.4) is 0 Å². The highest BCUT2D eigenvalue weighted by atomic mass is 16.5. The van der Waals surface area contributed by atoms with Gasteiger partial charge in [0.15, 0.2) is 0 Å². The van der Waals surface area contributed by atoms with E-state index in [4.69, 9.17) is 10.5 Å². The molecule has 0 radical (unpaired) electrons. The third-order valence-corrected chi connectivity index (χ3v) is 4.01. The van der Waals surface area contributed by atoms with Gasteiger partial charge in [-0.1, -0.05) is 19.8 Å². The third-order valence-electron chi connectivity index (χ3n) is 4.01. The van der Waals surface area contributed by atoms with E-state index in [9.17, 15) is 0 Å². The molecule has 3 nitrogen and oxygen atoms in total. The van der Waals surface area contributed by atoms with Crippen LogP contribution < -0.4 is 10.5 Å². The molecule has 0 atom stereocenters. The van der Waals surface area contributed by atoms with Crippen LogP contribution in [0.2, 0.25) is 0 Å². The van der Waals surface area contributed by atoms with Crippen molar-refractivity contribution in [1.82, 2.24) is 4.90 Å². The first kappa shape index (κ1) is 14.2. The molecule has 0 aromatic heterocycles. The van der Waals surface area contributed by atoms with E-state index in [-0.39, 0.29) is 0 Å². The van der Waals surface area contributed by atoms with Gasteiger partial charge < -0.3 is 10.5 Å². The van der Waals surface area contributed by atoms with E-state index in [2.05, 4.69) is 17.9 Å². The van der Waals surface area contributed by atoms with Gasteiger partial charge in [-0.25, -0.2) is 0 Å². The molecule has 0 saturated heterocycles. The van der Waals surface area contributed by atoms with Crippen molar-refractivity contribution >= 4 is 5.69 Å². The molecular weight excluding hydrogens is 236 g/mol. The van der Waals surface area contributed by atoms with E-state index in [0.717, 1.165) is 30.6 Å². The highest BCUT2D eigenvalue weighted by molar-refractivity contribution is 5.47. The van der Waals surface area contributed by atoms with Gasteiger partial charge in [-0.05, 0) is 44.5 Å². The van der Waals surface area contributed by atoms with Gasteiger partial charge in [0.05, 0.1) is 6.61 Å². The van der Waals surface area contributed by atoms with Crippen LogP contribution in [0.25, 0.3) is 0 Å². The van der Waals surface area contributed by atoms with Crippen LogP contribution in [0.4, 0.5) is 5.69 Å². The van der Waals surface area contributed by atoms with Gasteiger partial charge in [0, 0.05) is 23.8 Å². The lowest BCUT2D eigenvalue weighted by molar-refractivity contribution is 0.197. The van der Waals surface area contributed by atoms with Crippen LogP contribution in [0.15, 0.2) is 18.2 Å². The van der Waals surface area contributed by atoms with Gasteiger partial charge in [-0.15, -0.1) is 0 Å². The first-order valence-electron chi connectivity index (χ1n) is 7.49. The molecule has 1 saturated carbocycles. The number of rotatable bonds is 6. The second kappa shape index (κ2) is 6.80. The summed E-state index contributed by atoms with van der Waals surface area (Å²) in [6.07, 6.45) is 5.41. The second-order valence-corrected chi connectivity index (χ2v) is 5.30. The minimum Gasteiger partial charge on any atom is -0.494 e. The van der Waals surface area contributed by atoms with Crippen LogP contribution in [0, 0.1) is 0 Å². The first-order chi connectivity index (χ1) is 9.24. The van der Waals surface area contributed by atoms with Crippen molar-refractivity contribution in [2.45, 2.75) is 52.1 Å². The van der Waals surface area contributed by atoms with E-state index < -0.39 is 0 Å². The maximum Gasteiger partial charge on any atom is 0.123 e. The lowest BCUT2D eigenvalue weighted by atomic mass is 10.1. The lowest BCUT2D eigenvalue weighted by Gasteiger charge is -2.28. The maximum absolute atomic E-state index is 5.92. The summed E-state index contributed by atoms with van der Waals surface area (Å²) in [5, 5.41) is 0. The van der Waals surface area contributed by atoms with Gasteiger partial charge in [0.2, 0.25) is 0 Å². The first-order valence-corrected chi connectivity index (χ1v) is 7.49. The van der Waals surface area contributed by atoms with E-state index in [1.165, 1.54) is 31.2 Å². The highest BCUT2D eigenvalue weighted by Crippen LogP contribution is 2.28. The maximum atomic E-state index is 5.92. The summed E-state index contributed by atoms with van der Waals surface area (Å²) in [6.45, 7) is 7.00. The monoisotopic (exact) mass is 262 g/mol. The Bertz CT molecular complexity index is 400. The average Bonchev–Trinajstić information content (AvgIpc) is 2.93. The Labute approximate surface area is 116 Å². The molecule has 1 aromatic rings. The smallest absolute Gasteiger partial charge is 0.123 e. The topological polar surface area (TPSA) is 38.5 Å². The molecule has 3 heteroatoms. The molecule has 106 valence electrons. The fourth-order valence-electron chi connectivity index (χ4n) is 3.01. The number of nitrogens with two attached hydrogens (primary N) is 1. The van der Waals surface area contributed by atoms with Crippen molar-refractivity contribution in [3.63, 3.8) is 0 Å². The van der Waals surface area contributed by atoms with Crippen molar-refractivity contribution in [3.05, 3.63) is 23.8 Å². The fourth-order valence-corrected chi connectivity index (χ4v) is 3.01. The minimum atomic E-state index is 0.701. The van der Waals surface area contributed by atoms with Crippen LogP contribution in [0.5, 0.6) is 5.75 Å². The van der Waals surface area contributed by atoms with Gasteiger partial charge in [-0.3, -0.25) is 4.90 Å². The standard InChI is InChI=1S/C16H26N2O/c1-3-18(15-7-5-6-8-15)12-13-11-14(17)9-10-16(13)19-4-2/h9-11,15H,3-8,12,17H2,1-2H3. The Balaban J connectivity index is 2.12. The van der Waals surface area contributed by atoms with Gasteiger partial charge >= 0.3 is 0 Å². The number of nitrogens with zero attached hydrogens (tertiary/aromatic N) is 1. The van der Waals surface area contributed by atoms with E-state index in [0.29, 0.717) is 6.61 Å². The Hall–Kier alpha value is -1.22. The minimum absolute atomic E-state index is 0.701. The van der Waals surface area contributed by atoms with Crippen molar-refractivity contribution in [3.8, 4) is 5.75 Å². The molecule has 0 heterocycles. The van der Waals surface area contributed by atoms with Crippen molar-refractivity contribution < 1.29 is 4.74 Å². The normalized spacial score (nSPS) is 16.2. The predicted molar refractivity (Wildman–Crippen MR) is 80.4 cm³/mol. The number of nitrogen functional groups attached to an aromatic ring is 1. The summed E-state index contributed by atoms with van der Waals surface area (Å²) < 4.78 is 5.72. The zero-order valence-corrected chi connectivity index (χ0v) is 12.2. The molecule has 0 bridgehead atoms. The fraction of sp³-hybridized carbons (Fsp3) is 0.625. The zero-order chi connectivity index (χ0) is 13.7. The van der Waals surface area contributed by atoms with Crippen LogP contribution in [0.1, 0.15) is 45.1 Å². The Kier molecular flexibility index (Phi) is 5.08. The highest BCUT2D eigenvalue weighted by Gasteiger charge is 2.22. The SMILES string of the molecule is CCOc1ccc(N)cc1CN(CC)C1CCCC1. The van der Waals surface area contributed by atoms with Crippen LogP contribution in [-0.4, -0.2) is 24.1 Å². The van der Waals surface area contributed by atoms with Gasteiger partial charge in [0.1, 0.15) is 5.75 Å². The van der Waals surface area contributed by atoms with Gasteiger partial charge in [-0.2, -0.15) is 0 Å². The quantitative estimate of drug-likeness (QED) is 0.798. The summed E-state index contributed by atoms with van der Waals surface area (Å²) in [4.78, 5) is 2.56. The Morgan fingerprint density at radius 1 is 1.26 bits per heavy atom. The second-order valence-electron chi connectivity index (χ2n) is 5.30. The molecule has 1 aromatic carbocycles. The molecule has 2 N–H and O–H groups in total. The lowest BCUT2D eigenvalue weighted by Crippen LogP contribution is -2.32. The molecule has 0 spiro atoms. The summed E-state index contributed by atoms with van der Waals surface area (Å²) >= 11 is 0. The molecule has 1 aliphatic carbocycles. The van der Waals surface area contributed by atoms with Crippen LogP contribution >= 0.6 is 0 Å². The molecule has 0 amide bonds. The average molecular weight is 262 g/mol. The van der Waals surface area contributed by atoms with E-state index in [1.807, 2.05) is 19.1 Å². The molecule has 0 aliphatic heterocycles. The van der Waals surface area contributed by atoms with Crippen LogP contribution in [-0.2, 0) is 6.54 Å². The third kappa shape index (κ3) is 3.63. The predicted octanol–water partition coefficient (Wildman–Crippen LogP) is 3.43. The summed E-state index contributed by atoms with van der Waals surface area (Å²) in [7, 11) is 0. The number of anilines is 1. The summed E-state index contributed by atoms with van der Waals surface area (Å²) in [6, 6.07) is 6.71. The largest absolute Gasteiger partial charge is 0.494 e. The zero-order valence-electron chi connectivity index (χ0n) is 12.2. The van der Waals surface area contributed by atoms with Crippen molar-refractivity contribution in [2.75, 3.05) is 18.9 Å². The number of benzene rings is 1. The van der Waals surface area contributed by atoms with E-state index >= 15 is 0 Å². The van der Waals surface area contributed by atoms with Crippen molar-refractivity contribution in [2.24, 2.45) is 0 Å². The molecular formula is C16H26N2O. The number of ether oxygens (including phenoxy) is 1. The molecule has 0 unspecified atom stereocenters. The Morgan fingerprint density at radius 3 is 2.63 bits per heavy atom. The molecule has 1 aliphatic rings. The van der Waals surface area contributed by atoms with E-state index in [1.54, 1.807) is 0 Å². The number of hydrogen-bond acceptors (Lipinski definition) is 3. The Morgan fingerprint density at radius 2 is 2.00 bits per heavy atom. The number of hydrogen-bond donors (Lipinski definition) is 1. The van der Waals surface area contributed by atoms with Gasteiger partial charge in [0.25, 0.3) is 0 Å². The van der Waals surface area contributed by atoms with Crippen molar-refractivity contribution in [1.29, 1.82) is 0 Å². The molecule has 2 rings (SSSR count). The molecule has 1 fully saturated rings. The summed E-state index contributed by atoms with van der Waals surface area (Å²) in [5.41, 5.74) is 7.96.